The Bertz CT molecular complexity index is 523. The van der Waals surface area contributed by atoms with Gasteiger partial charge in [0.25, 0.3) is 0 Å². The van der Waals surface area contributed by atoms with E-state index in [2.05, 4.69) is 5.32 Å². The van der Waals surface area contributed by atoms with Crippen molar-refractivity contribution in [2.45, 2.75) is 32.7 Å². The number of amides is 1. The molecule has 1 aliphatic heterocycles. The van der Waals surface area contributed by atoms with Crippen LogP contribution < -0.4 is 5.32 Å². The predicted octanol–water partition coefficient (Wildman–Crippen LogP) is 3.09. The van der Waals surface area contributed by atoms with E-state index in [1.54, 1.807) is 31.2 Å². The summed E-state index contributed by atoms with van der Waals surface area (Å²) in [5.41, 5.74) is 0.585. The van der Waals surface area contributed by atoms with Crippen LogP contribution in [0.5, 0.6) is 0 Å². The summed E-state index contributed by atoms with van der Waals surface area (Å²) in [5, 5.41) is 3.57. The lowest BCUT2D eigenvalue weighted by Crippen LogP contribution is -2.39. The number of carbonyl (C=O) groups excluding carboxylic acids is 2. The number of Topliss-reactive ketones (excluding diaryl/α,β-unsaturated/α-hetero) is 1. The third-order valence-electron chi connectivity index (χ3n) is 4.13. The first-order chi connectivity index (χ1) is 10.5. The van der Waals surface area contributed by atoms with Gasteiger partial charge in [0.05, 0.1) is 6.61 Å². The Hall–Kier alpha value is -1.39. The van der Waals surface area contributed by atoms with Crippen molar-refractivity contribution in [1.82, 2.24) is 5.32 Å². The van der Waals surface area contributed by atoms with Crippen molar-refractivity contribution in [2.75, 3.05) is 13.2 Å². The first kappa shape index (κ1) is 17.0. The van der Waals surface area contributed by atoms with E-state index in [1.807, 2.05) is 6.92 Å². The van der Waals surface area contributed by atoms with E-state index in [0.717, 1.165) is 13.0 Å². The van der Waals surface area contributed by atoms with Crippen molar-refractivity contribution in [3.05, 3.63) is 34.9 Å². The number of halogens is 1. The third kappa shape index (κ3) is 4.55. The normalized spacial score (nSPS) is 20.4. The maximum absolute atomic E-state index is 12.3. The summed E-state index contributed by atoms with van der Waals surface area (Å²) in [6.07, 6.45) is 1.17. The van der Waals surface area contributed by atoms with Gasteiger partial charge in [-0.3, -0.25) is 9.59 Å². The van der Waals surface area contributed by atoms with Gasteiger partial charge < -0.3 is 10.1 Å². The molecule has 5 heteroatoms. The Labute approximate surface area is 136 Å². The second-order valence-electron chi connectivity index (χ2n) is 5.96. The van der Waals surface area contributed by atoms with Crippen LogP contribution in [0.15, 0.2) is 24.3 Å². The van der Waals surface area contributed by atoms with Crippen LogP contribution in [-0.4, -0.2) is 30.9 Å². The highest BCUT2D eigenvalue weighted by Crippen LogP contribution is 2.18. The molecule has 4 nitrogen and oxygen atoms in total. The lowest BCUT2D eigenvalue weighted by Gasteiger charge is -2.20. The van der Waals surface area contributed by atoms with E-state index in [-0.39, 0.29) is 30.1 Å². The van der Waals surface area contributed by atoms with Crippen LogP contribution in [0.25, 0.3) is 0 Å². The molecule has 0 saturated carbocycles. The fraction of sp³-hybridized carbons (Fsp3) is 0.529. The number of hydrogen-bond donors (Lipinski definition) is 1. The summed E-state index contributed by atoms with van der Waals surface area (Å²) < 4.78 is 5.33. The third-order valence-corrected chi connectivity index (χ3v) is 4.38. The first-order valence-electron chi connectivity index (χ1n) is 7.64. The minimum absolute atomic E-state index is 0.0383. The molecule has 0 aliphatic carbocycles. The second kappa shape index (κ2) is 7.75. The second-order valence-corrected chi connectivity index (χ2v) is 6.39. The fourth-order valence-corrected chi connectivity index (χ4v) is 2.77. The lowest BCUT2D eigenvalue weighted by molar-refractivity contribution is -0.122. The Balaban J connectivity index is 1.84. The molecule has 2 rings (SSSR count). The van der Waals surface area contributed by atoms with Gasteiger partial charge in [0, 0.05) is 41.5 Å². The molecular weight excluding hydrogens is 302 g/mol. The summed E-state index contributed by atoms with van der Waals surface area (Å²) >= 11 is 5.81. The highest BCUT2D eigenvalue weighted by molar-refractivity contribution is 6.30. The molecule has 1 aromatic rings. The van der Waals surface area contributed by atoms with Crippen molar-refractivity contribution in [1.29, 1.82) is 0 Å². The van der Waals surface area contributed by atoms with Crippen LogP contribution in [0.3, 0.4) is 0 Å². The molecule has 0 radical (unpaired) electrons. The Morgan fingerprint density at radius 3 is 2.59 bits per heavy atom. The monoisotopic (exact) mass is 323 g/mol. The highest BCUT2D eigenvalue weighted by atomic mass is 35.5. The molecule has 0 spiro atoms. The molecule has 1 aliphatic rings. The Morgan fingerprint density at radius 1 is 1.32 bits per heavy atom. The average molecular weight is 324 g/mol. The average Bonchev–Trinajstić information content (AvgIpc) is 3.01. The summed E-state index contributed by atoms with van der Waals surface area (Å²) in [6.45, 7) is 5.22. The molecule has 0 unspecified atom stereocenters. The van der Waals surface area contributed by atoms with Gasteiger partial charge in [-0.1, -0.05) is 18.5 Å². The first-order valence-corrected chi connectivity index (χ1v) is 8.02. The quantitative estimate of drug-likeness (QED) is 0.818. The number of rotatable bonds is 6. The van der Waals surface area contributed by atoms with Crippen molar-refractivity contribution in [3.63, 3.8) is 0 Å². The van der Waals surface area contributed by atoms with Crippen LogP contribution in [0, 0.1) is 11.8 Å². The van der Waals surface area contributed by atoms with Gasteiger partial charge in [0.1, 0.15) is 0 Å². The zero-order valence-corrected chi connectivity index (χ0v) is 13.7. The van der Waals surface area contributed by atoms with Gasteiger partial charge in [0.15, 0.2) is 5.78 Å². The van der Waals surface area contributed by atoms with E-state index in [9.17, 15) is 9.59 Å². The minimum Gasteiger partial charge on any atom is -0.381 e. The SMILES string of the molecule is C[C@H](CC(=O)N[C@@H](C)[C@H]1CCOC1)C(=O)c1ccc(Cl)cc1. The van der Waals surface area contributed by atoms with Gasteiger partial charge in [-0.05, 0) is 37.6 Å². The molecule has 0 bridgehead atoms. The number of hydrogen-bond acceptors (Lipinski definition) is 3. The largest absolute Gasteiger partial charge is 0.381 e. The molecular formula is C17H22ClNO3. The summed E-state index contributed by atoms with van der Waals surface area (Å²) in [7, 11) is 0. The number of nitrogens with one attached hydrogen (secondary N) is 1. The van der Waals surface area contributed by atoms with Gasteiger partial charge in [-0.2, -0.15) is 0 Å². The predicted molar refractivity (Wildman–Crippen MR) is 86.1 cm³/mol. The molecule has 1 heterocycles. The molecule has 0 aromatic heterocycles. The van der Waals surface area contributed by atoms with Crippen molar-refractivity contribution in [2.24, 2.45) is 11.8 Å². The lowest BCUT2D eigenvalue weighted by atomic mass is 9.95. The zero-order valence-electron chi connectivity index (χ0n) is 13.0. The standard InChI is InChI=1S/C17H22ClNO3/c1-11(17(21)13-3-5-15(18)6-4-13)9-16(20)19-12(2)14-7-8-22-10-14/h3-6,11-12,14H,7-10H2,1-2H3,(H,19,20)/t11-,12+,14+/m1/s1. The molecule has 3 atom stereocenters. The van der Waals surface area contributed by atoms with Crippen LogP contribution in [0.2, 0.25) is 5.02 Å². The molecule has 1 aromatic carbocycles. The number of ether oxygens (including phenoxy) is 1. The maximum Gasteiger partial charge on any atom is 0.220 e. The van der Waals surface area contributed by atoms with Gasteiger partial charge in [0.2, 0.25) is 5.91 Å². The Morgan fingerprint density at radius 2 is 2.00 bits per heavy atom. The van der Waals surface area contributed by atoms with Crippen molar-refractivity contribution >= 4 is 23.3 Å². The molecule has 1 amide bonds. The number of ketones is 1. The van der Waals surface area contributed by atoms with Gasteiger partial charge >= 0.3 is 0 Å². The van der Waals surface area contributed by atoms with Crippen LogP contribution in [-0.2, 0) is 9.53 Å². The van der Waals surface area contributed by atoms with Crippen LogP contribution in [0.4, 0.5) is 0 Å². The minimum atomic E-state index is -0.354. The van der Waals surface area contributed by atoms with E-state index in [4.69, 9.17) is 16.3 Å². The van der Waals surface area contributed by atoms with Crippen LogP contribution >= 0.6 is 11.6 Å². The highest BCUT2D eigenvalue weighted by Gasteiger charge is 2.25. The Kier molecular flexibility index (Phi) is 5.98. The van der Waals surface area contributed by atoms with E-state index < -0.39 is 0 Å². The van der Waals surface area contributed by atoms with Gasteiger partial charge in [-0.25, -0.2) is 0 Å². The number of benzene rings is 1. The number of carbonyl (C=O) groups is 2. The molecule has 1 saturated heterocycles. The van der Waals surface area contributed by atoms with E-state index in [1.165, 1.54) is 0 Å². The molecule has 120 valence electrons. The van der Waals surface area contributed by atoms with Crippen LogP contribution in [0.1, 0.15) is 37.0 Å². The van der Waals surface area contributed by atoms with Crippen molar-refractivity contribution < 1.29 is 14.3 Å². The molecule has 1 fully saturated rings. The zero-order chi connectivity index (χ0) is 16.1. The fourth-order valence-electron chi connectivity index (χ4n) is 2.65. The summed E-state index contributed by atoms with van der Waals surface area (Å²) in [5.74, 6) is -0.114. The topological polar surface area (TPSA) is 55.4 Å². The maximum atomic E-state index is 12.3. The van der Waals surface area contributed by atoms with E-state index >= 15 is 0 Å². The summed E-state index contributed by atoms with van der Waals surface area (Å²) in [4.78, 5) is 24.4. The van der Waals surface area contributed by atoms with Gasteiger partial charge in [-0.15, -0.1) is 0 Å². The molecule has 1 N–H and O–H groups in total. The summed E-state index contributed by atoms with van der Waals surface area (Å²) in [6, 6.07) is 6.83. The smallest absolute Gasteiger partial charge is 0.220 e. The van der Waals surface area contributed by atoms with E-state index in [0.29, 0.717) is 23.1 Å². The molecule has 22 heavy (non-hydrogen) atoms. The van der Waals surface area contributed by atoms with Crippen molar-refractivity contribution in [3.8, 4) is 0 Å².